The lowest BCUT2D eigenvalue weighted by Gasteiger charge is -2.24. The maximum Gasteiger partial charge on any atom is 0.257 e. The molecule has 2 rings (SSSR count). The molecule has 0 aromatic heterocycles. The maximum absolute atomic E-state index is 13.5. The molecule has 1 aromatic carbocycles. The van der Waals surface area contributed by atoms with Gasteiger partial charge in [0.1, 0.15) is 11.6 Å². The first-order valence-electron chi connectivity index (χ1n) is 7.49. The number of ether oxygens (including phenoxy) is 1. The number of methoxy groups -OCH3 is 1. The van der Waals surface area contributed by atoms with Gasteiger partial charge in [0.15, 0.2) is 0 Å². The van der Waals surface area contributed by atoms with Crippen molar-refractivity contribution in [1.29, 1.82) is 0 Å². The van der Waals surface area contributed by atoms with Crippen LogP contribution in [-0.2, 0) is 4.79 Å². The lowest BCUT2D eigenvalue weighted by molar-refractivity contribution is -0.125. The first-order chi connectivity index (χ1) is 11.0. The van der Waals surface area contributed by atoms with Gasteiger partial charge >= 0.3 is 0 Å². The zero-order valence-electron chi connectivity index (χ0n) is 13.6. The van der Waals surface area contributed by atoms with E-state index in [2.05, 4.69) is 5.32 Å². The van der Waals surface area contributed by atoms with Crippen molar-refractivity contribution in [2.24, 2.45) is 5.92 Å². The molecule has 1 aliphatic heterocycles. The maximum atomic E-state index is 13.5. The van der Waals surface area contributed by atoms with Crippen molar-refractivity contribution in [2.45, 2.75) is 0 Å². The van der Waals surface area contributed by atoms with Gasteiger partial charge in [-0.25, -0.2) is 4.39 Å². The molecule has 2 amide bonds. The van der Waals surface area contributed by atoms with Crippen LogP contribution in [0.1, 0.15) is 10.4 Å². The second-order valence-corrected chi connectivity index (χ2v) is 5.67. The zero-order valence-corrected chi connectivity index (χ0v) is 13.6. The first-order valence-corrected chi connectivity index (χ1v) is 7.49. The molecular formula is C16H22FN3O3. The lowest BCUT2D eigenvalue weighted by atomic mass is 10.1. The van der Waals surface area contributed by atoms with Gasteiger partial charge in [-0.1, -0.05) is 0 Å². The van der Waals surface area contributed by atoms with Gasteiger partial charge < -0.3 is 19.9 Å². The topological polar surface area (TPSA) is 61.9 Å². The Hall–Kier alpha value is -2.15. The van der Waals surface area contributed by atoms with Crippen LogP contribution in [0.25, 0.3) is 0 Å². The molecule has 0 aliphatic carbocycles. The van der Waals surface area contributed by atoms with Crippen LogP contribution in [0.3, 0.4) is 0 Å². The predicted molar refractivity (Wildman–Crippen MR) is 83.9 cm³/mol. The number of benzene rings is 1. The Morgan fingerprint density at radius 3 is 2.70 bits per heavy atom. The van der Waals surface area contributed by atoms with Crippen LogP contribution in [0, 0.1) is 11.7 Å². The summed E-state index contributed by atoms with van der Waals surface area (Å²) in [5.41, 5.74) is 0.174. The van der Waals surface area contributed by atoms with E-state index >= 15 is 0 Å². The number of halogens is 1. The fourth-order valence-corrected chi connectivity index (χ4v) is 2.75. The minimum absolute atomic E-state index is 0.109. The van der Waals surface area contributed by atoms with Crippen molar-refractivity contribution >= 4 is 11.8 Å². The van der Waals surface area contributed by atoms with E-state index in [0.29, 0.717) is 31.9 Å². The Kier molecular flexibility index (Phi) is 5.54. The molecule has 0 radical (unpaired) electrons. The van der Waals surface area contributed by atoms with Crippen LogP contribution in [0.5, 0.6) is 5.75 Å². The molecule has 1 aromatic rings. The number of nitrogens with one attached hydrogen (secondary N) is 1. The number of likely N-dealkylation sites (N-methyl/N-ethyl adjacent to an activating group) is 1. The Balaban J connectivity index is 2.27. The van der Waals surface area contributed by atoms with E-state index in [4.69, 9.17) is 4.74 Å². The Bertz CT molecular complexity index is 594. The molecule has 1 aliphatic rings. The number of nitrogens with zero attached hydrogens (tertiary/aromatic N) is 2. The predicted octanol–water partition coefficient (Wildman–Crippen LogP) is 0.584. The summed E-state index contributed by atoms with van der Waals surface area (Å²) in [4.78, 5) is 28.4. The van der Waals surface area contributed by atoms with Crippen LogP contribution in [-0.4, -0.2) is 69.0 Å². The van der Waals surface area contributed by atoms with Crippen molar-refractivity contribution in [2.75, 3.05) is 47.4 Å². The smallest absolute Gasteiger partial charge is 0.257 e. The van der Waals surface area contributed by atoms with E-state index in [-0.39, 0.29) is 23.3 Å². The number of amides is 2. The molecule has 1 heterocycles. The van der Waals surface area contributed by atoms with Gasteiger partial charge in [0.2, 0.25) is 5.91 Å². The molecule has 6 nitrogen and oxygen atoms in total. The van der Waals surface area contributed by atoms with Crippen LogP contribution in [0.2, 0.25) is 0 Å². The summed E-state index contributed by atoms with van der Waals surface area (Å²) in [7, 11) is 4.93. The number of carbonyl (C=O) groups excluding carboxylic acids is 2. The summed E-state index contributed by atoms with van der Waals surface area (Å²) in [5, 5.41) is 2.63. The number of rotatable bonds is 3. The molecule has 0 spiro atoms. The molecule has 126 valence electrons. The summed E-state index contributed by atoms with van der Waals surface area (Å²) in [6, 6.07) is 3.85. The SMILES string of the molecule is CNC(=O)C1CN(C)CCN(C(=O)c2cc(F)ccc2OC)C1. The highest BCUT2D eigenvalue weighted by Crippen LogP contribution is 2.22. The summed E-state index contributed by atoms with van der Waals surface area (Å²) < 4.78 is 18.7. The Labute approximate surface area is 135 Å². The van der Waals surface area contributed by atoms with Crippen LogP contribution < -0.4 is 10.1 Å². The highest BCUT2D eigenvalue weighted by molar-refractivity contribution is 5.97. The van der Waals surface area contributed by atoms with Crippen molar-refractivity contribution in [3.05, 3.63) is 29.6 Å². The number of hydrogen-bond acceptors (Lipinski definition) is 4. The molecular weight excluding hydrogens is 301 g/mol. The average Bonchev–Trinajstić information content (AvgIpc) is 2.75. The molecule has 0 saturated carbocycles. The van der Waals surface area contributed by atoms with Crippen molar-refractivity contribution in [3.63, 3.8) is 0 Å². The summed E-state index contributed by atoms with van der Waals surface area (Å²) in [6.45, 7) is 1.99. The van der Waals surface area contributed by atoms with Gasteiger partial charge in [0, 0.05) is 33.2 Å². The number of hydrogen-bond donors (Lipinski definition) is 1. The molecule has 23 heavy (non-hydrogen) atoms. The van der Waals surface area contributed by atoms with E-state index < -0.39 is 5.82 Å². The quantitative estimate of drug-likeness (QED) is 0.884. The van der Waals surface area contributed by atoms with Gasteiger partial charge in [0.05, 0.1) is 18.6 Å². The average molecular weight is 323 g/mol. The second-order valence-electron chi connectivity index (χ2n) is 5.67. The van der Waals surface area contributed by atoms with Crippen LogP contribution in [0.4, 0.5) is 4.39 Å². The lowest BCUT2D eigenvalue weighted by Crippen LogP contribution is -2.41. The highest BCUT2D eigenvalue weighted by atomic mass is 19.1. The minimum Gasteiger partial charge on any atom is -0.496 e. The van der Waals surface area contributed by atoms with E-state index in [1.807, 2.05) is 11.9 Å². The van der Waals surface area contributed by atoms with Crippen LogP contribution >= 0.6 is 0 Å². The van der Waals surface area contributed by atoms with Gasteiger partial charge in [-0.15, -0.1) is 0 Å². The van der Waals surface area contributed by atoms with E-state index in [1.165, 1.54) is 25.3 Å². The van der Waals surface area contributed by atoms with Gasteiger partial charge in [-0.2, -0.15) is 0 Å². The van der Waals surface area contributed by atoms with Gasteiger partial charge in [-0.05, 0) is 25.2 Å². The standard InChI is InChI=1S/C16H22FN3O3/c1-18-15(21)11-9-19(2)6-7-20(10-11)16(22)13-8-12(17)4-5-14(13)23-3/h4-5,8,11H,6-7,9-10H2,1-3H3,(H,18,21). The van der Waals surface area contributed by atoms with Crippen molar-refractivity contribution in [1.82, 2.24) is 15.1 Å². The minimum atomic E-state index is -0.496. The summed E-state index contributed by atoms with van der Waals surface area (Å²) >= 11 is 0. The molecule has 0 bridgehead atoms. The largest absolute Gasteiger partial charge is 0.496 e. The van der Waals surface area contributed by atoms with E-state index in [9.17, 15) is 14.0 Å². The third-order valence-electron chi connectivity index (χ3n) is 4.02. The third kappa shape index (κ3) is 3.98. The highest BCUT2D eigenvalue weighted by Gasteiger charge is 2.30. The fourth-order valence-electron chi connectivity index (χ4n) is 2.75. The number of carbonyl (C=O) groups is 2. The Morgan fingerprint density at radius 2 is 2.04 bits per heavy atom. The normalized spacial score (nSPS) is 19.1. The van der Waals surface area contributed by atoms with Gasteiger partial charge in [-0.3, -0.25) is 9.59 Å². The summed E-state index contributed by atoms with van der Waals surface area (Å²) in [6.07, 6.45) is 0. The molecule has 1 atom stereocenters. The summed E-state index contributed by atoms with van der Waals surface area (Å²) in [5.74, 6) is -0.932. The van der Waals surface area contributed by atoms with E-state index in [1.54, 1.807) is 11.9 Å². The fraction of sp³-hybridized carbons (Fsp3) is 0.500. The second kappa shape index (κ2) is 7.41. The third-order valence-corrected chi connectivity index (χ3v) is 4.02. The molecule has 1 unspecified atom stereocenters. The van der Waals surface area contributed by atoms with Gasteiger partial charge in [0.25, 0.3) is 5.91 Å². The van der Waals surface area contributed by atoms with Crippen molar-refractivity contribution < 1.29 is 18.7 Å². The monoisotopic (exact) mass is 323 g/mol. The molecule has 7 heteroatoms. The molecule has 1 N–H and O–H groups in total. The van der Waals surface area contributed by atoms with Crippen molar-refractivity contribution in [3.8, 4) is 5.75 Å². The molecule has 1 fully saturated rings. The molecule has 1 saturated heterocycles. The zero-order chi connectivity index (χ0) is 17.0. The first kappa shape index (κ1) is 17.2. The van der Waals surface area contributed by atoms with Crippen LogP contribution in [0.15, 0.2) is 18.2 Å². The Morgan fingerprint density at radius 1 is 1.30 bits per heavy atom. The van der Waals surface area contributed by atoms with E-state index in [0.717, 1.165) is 0 Å².